The van der Waals surface area contributed by atoms with Crippen molar-refractivity contribution in [3.8, 4) is 0 Å². The Hall–Kier alpha value is -1.49. The van der Waals surface area contributed by atoms with Gasteiger partial charge < -0.3 is 0 Å². The van der Waals surface area contributed by atoms with Gasteiger partial charge in [0.15, 0.2) is 0 Å². The van der Waals surface area contributed by atoms with Crippen LogP contribution in [0.4, 0.5) is 20.2 Å². The first-order chi connectivity index (χ1) is 15.5. The van der Waals surface area contributed by atoms with E-state index in [0.29, 0.717) is 23.7 Å². The molecule has 0 saturated carbocycles. The van der Waals surface area contributed by atoms with Gasteiger partial charge in [0, 0.05) is 0 Å². The molecule has 33 heavy (non-hydrogen) atoms. The fourth-order valence-corrected chi connectivity index (χ4v) is 6.12. The molecule has 1 saturated heterocycles. The van der Waals surface area contributed by atoms with Gasteiger partial charge in [0.1, 0.15) is 0 Å². The standard InChI is InChI=1S/C27H38N2.CHF2.Ag/c1-18(2)22-11-9-12-23(19(3)4)26(22)28-15-16-29(17-28)27-24(20(5)6)13-10-14-25(27)21(7)8;2-1-3;/h9-14,18-21H,15-16H2,1-8H3;1H;. The van der Waals surface area contributed by atoms with Crippen LogP contribution in [0.1, 0.15) is 101 Å². The minimum absolute atomic E-state index is 0.318. The Kier molecular flexibility index (Phi) is 8.58. The zero-order chi connectivity index (χ0) is 24.4. The molecule has 5 heteroatoms. The van der Waals surface area contributed by atoms with Crippen LogP contribution in [-0.2, 0) is 19.3 Å². The number of rotatable bonds is 7. The summed E-state index contributed by atoms with van der Waals surface area (Å²) in [6.07, 6.45) is 0. The van der Waals surface area contributed by atoms with Crippen LogP contribution in [0.3, 0.4) is 0 Å². The molecule has 2 aromatic carbocycles. The summed E-state index contributed by atoms with van der Waals surface area (Å²) >= 11 is -0.576. The topological polar surface area (TPSA) is 6.48 Å². The molecule has 0 amide bonds. The van der Waals surface area contributed by atoms with E-state index in [-0.39, 0.29) is 0 Å². The van der Waals surface area contributed by atoms with E-state index in [1.54, 1.807) is 0 Å². The summed E-state index contributed by atoms with van der Waals surface area (Å²) in [6.45, 7) is 19.0. The summed E-state index contributed by atoms with van der Waals surface area (Å²) in [4.78, 5) is 4.44. The van der Waals surface area contributed by atoms with Crippen LogP contribution in [0.2, 0.25) is 0 Å². The fraction of sp³-hybridized carbons (Fsp3) is 0.536. The van der Waals surface area contributed by atoms with E-state index in [9.17, 15) is 8.78 Å². The molecule has 3 rings (SSSR count). The summed E-state index contributed by atoms with van der Waals surface area (Å²) < 4.78 is 26.5. The van der Waals surface area contributed by atoms with Gasteiger partial charge in [0.25, 0.3) is 0 Å². The Balaban J connectivity index is 2.26. The van der Waals surface area contributed by atoms with Crippen molar-refractivity contribution in [2.45, 2.75) is 83.7 Å². The second kappa shape index (κ2) is 10.8. The van der Waals surface area contributed by atoms with E-state index in [4.69, 9.17) is 0 Å². The minimum atomic E-state index is -2.37. The quantitative estimate of drug-likeness (QED) is 0.324. The molecule has 2 aromatic rings. The molecular weight excluding hydrogens is 510 g/mol. The Morgan fingerprint density at radius 3 is 1.15 bits per heavy atom. The van der Waals surface area contributed by atoms with E-state index in [2.05, 4.69) is 102 Å². The van der Waals surface area contributed by atoms with Crippen LogP contribution in [-0.4, -0.2) is 21.7 Å². The predicted octanol–water partition coefficient (Wildman–Crippen LogP) is 7.90. The number of benzene rings is 2. The zero-order valence-corrected chi connectivity index (χ0v) is 22.7. The molecule has 0 aliphatic carbocycles. The van der Waals surface area contributed by atoms with E-state index >= 15 is 0 Å². The SMILES string of the molecule is CC(C)c1cccc(C(C)C)c1N1CCN(c2c(C(C)C)cccc2C(C)C)[C]1=[Ag][CH](F)F. The average Bonchev–Trinajstić information content (AvgIpc) is 3.14. The molecule has 1 heterocycles. The van der Waals surface area contributed by atoms with Crippen molar-refractivity contribution >= 4 is 15.3 Å². The predicted molar refractivity (Wildman–Crippen MR) is 135 cm³/mol. The number of anilines is 2. The van der Waals surface area contributed by atoms with Gasteiger partial charge in [-0.1, -0.05) is 0 Å². The van der Waals surface area contributed by atoms with Gasteiger partial charge in [-0.15, -0.1) is 0 Å². The zero-order valence-electron chi connectivity index (χ0n) is 21.2. The first-order valence-electron chi connectivity index (χ1n) is 12.0. The number of nitrogens with zero attached hydrogens (tertiary/aromatic N) is 2. The fourth-order valence-electron chi connectivity index (χ4n) is 4.70. The number of hydrogen-bond acceptors (Lipinski definition) is 2. The second-order valence-corrected chi connectivity index (χ2v) is 11.8. The number of hydrogen-bond donors (Lipinski definition) is 0. The number of alkyl halides is 2. The Labute approximate surface area is 208 Å². The van der Waals surface area contributed by atoms with Crippen molar-refractivity contribution in [3.63, 3.8) is 0 Å². The summed E-state index contributed by atoms with van der Waals surface area (Å²) in [6, 6.07) is 12.9. The molecule has 0 radical (unpaired) electrons. The van der Waals surface area contributed by atoms with Gasteiger partial charge >= 0.3 is 209 Å². The van der Waals surface area contributed by atoms with Crippen molar-refractivity contribution in [2.75, 3.05) is 22.9 Å². The van der Waals surface area contributed by atoms with Gasteiger partial charge in [0.2, 0.25) is 0 Å². The molecule has 1 fully saturated rings. The Morgan fingerprint density at radius 1 is 0.606 bits per heavy atom. The monoisotopic (exact) mass is 548 g/mol. The summed E-state index contributed by atoms with van der Waals surface area (Å²) in [5.41, 5.74) is 7.23. The van der Waals surface area contributed by atoms with Gasteiger partial charge in [-0.25, -0.2) is 0 Å². The molecule has 0 spiro atoms. The molecule has 0 aromatic heterocycles. The van der Waals surface area contributed by atoms with E-state index in [1.807, 2.05) is 0 Å². The van der Waals surface area contributed by atoms with Crippen LogP contribution in [0.25, 0.3) is 0 Å². The maximum atomic E-state index is 14.0. The maximum absolute atomic E-state index is 14.0. The van der Waals surface area contributed by atoms with E-state index in [0.717, 1.165) is 28.4 Å². The van der Waals surface area contributed by atoms with Crippen LogP contribution in [0, 0.1) is 0 Å². The van der Waals surface area contributed by atoms with E-state index in [1.165, 1.54) is 22.3 Å². The van der Waals surface area contributed by atoms with E-state index < -0.39 is 23.9 Å². The third-order valence-electron chi connectivity index (χ3n) is 6.32. The summed E-state index contributed by atoms with van der Waals surface area (Å²) in [5.74, 6) is 1.27. The van der Waals surface area contributed by atoms with Crippen molar-refractivity contribution < 1.29 is 28.1 Å². The molecule has 0 atom stereocenters. The summed E-state index contributed by atoms with van der Waals surface area (Å²) in [7, 11) is 0. The van der Waals surface area contributed by atoms with Gasteiger partial charge in [-0.3, -0.25) is 0 Å². The van der Waals surface area contributed by atoms with Crippen LogP contribution < -0.4 is 9.80 Å². The molecule has 1 aliphatic rings. The molecule has 0 bridgehead atoms. The van der Waals surface area contributed by atoms with Gasteiger partial charge in [-0.2, -0.15) is 0 Å². The van der Waals surface area contributed by atoms with Crippen molar-refractivity contribution in [1.82, 2.24) is 0 Å². The van der Waals surface area contributed by atoms with Gasteiger partial charge in [-0.05, 0) is 0 Å². The third kappa shape index (κ3) is 5.44. The normalized spacial score (nSPS) is 14.9. The van der Waals surface area contributed by atoms with Crippen molar-refractivity contribution in [1.29, 1.82) is 0 Å². The molecule has 2 nitrogen and oxygen atoms in total. The first kappa shape index (κ1) is 26.1. The third-order valence-corrected chi connectivity index (χ3v) is 7.83. The average molecular weight is 549 g/mol. The van der Waals surface area contributed by atoms with Crippen LogP contribution in [0.5, 0.6) is 0 Å². The second-order valence-electron chi connectivity index (χ2n) is 10.0. The summed E-state index contributed by atoms with van der Waals surface area (Å²) in [5, 5.41) is 0. The number of halogens is 2. The molecule has 186 valence electrons. The van der Waals surface area contributed by atoms with Crippen molar-refractivity contribution in [2.24, 2.45) is 0 Å². The molecule has 1 aliphatic heterocycles. The molecular formula is C28H39AgF2N2. The Morgan fingerprint density at radius 2 is 0.909 bits per heavy atom. The molecule has 0 N–H and O–H groups in total. The van der Waals surface area contributed by atoms with Crippen LogP contribution >= 0.6 is 0 Å². The molecule has 0 unspecified atom stereocenters. The number of para-hydroxylation sites is 2. The van der Waals surface area contributed by atoms with Crippen molar-refractivity contribution in [3.05, 3.63) is 58.7 Å². The van der Waals surface area contributed by atoms with Crippen LogP contribution in [0.15, 0.2) is 36.4 Å². The first-order valence-corrected chi connectivity index (χ1v) is 13.6. The Bertz CT molecular complexity index is 869. The van der Waals surface area contributed by atoms with Gasteiger partial charge in [0.05, 0.1) is 0 Å².